The van der Waals surface area contributed by atoms with Gasteiger partial charge < -0.3 is 0 Å². The monoisotopic (exact) mass is 253 g/mol. The first-order chi connectivity index (χ1) is 7.38. The van der Waals surface area contributed by atoms with E-state index in [9.17, 15) is 21.6 Å². The summed E-state index contributed by atoms with van der Waals surface area (Å²) in [7, 11) is -4.27. The molecule has 0 aliphatic rings. The summed E-state index contributed by atoms with van der Waals surface area (Å²) < 4.78 is 63.7. The molecule has 3 nitrogen and oxygen atoms in total. The van der Waals surface area contributed by atoms with Gasteiger partial charge in [-0.15, -0.1) is 0 Å². The molecule has 0 spiro atoms. The molecule has 7 heteroatoms. The van der Waals surface area contributed by atoms with E-state index in [0.29, 0.717) is 18.6 Å². The van der Waals surface area contributed by atoms with E-state index in [1.165, 1.54) is 0 Å². The third-order valence-corrected chi connectivity index (χ3v) is 3.29. The maximum absolute atomic E-state index is 13.1. The molecular weight excluding hydrogens is 243 g/mol. The van der Waals surface area contributed by atoms with Crippen molar-refractivity contribution in [1.29, 1.82) is 0 Å². The van der Waals surface area contributed by atoms with Crippen molar-refractivity contribution in [1.82, 2.24) is 4.72 Å². The van der Waals surface area contributed by atoms with Crippen LogP contribution in [0.25, 0.3) is 0 Å². The van der Waals surface area contributed by atoms with Crippen LogP contribution in [0.3, 0.4) is 0 Å². The van der Waals surface area contributed by atoms with Crippen molar-refractivity contribution in [3.05, 3.63) is 29.6 Å². The Morgan fingerprint density at radius 3 is 2.12 bits per heavy atom. The Balaban J connectivity index is 3.23. The fourth-order valence-corrected chi connectivity index (χ4v) is 2.34. The first-order valence-corrected chi connectivity index (χ1v) is 6.01. The van der Waals surface area contributed by atoms with Crippen molar-refractivity contribution in [2.45, 2.75) is 18.2 Å². The van der Waals surface area contributed by atoms with E-state index in [1.54, 1.807) is 6.92 Å². The first kappa shape index (κ1) is 13.0. The molecule has 90 valence electrons. The van der Waals surface area contributed by atoms with Crippen molar-refractivity contribution in [3.63, 3.8) is 0 Å². The molecule has 16 heavy (non-hydrogen) atoms. The standard InChI is InChI=1S/C9H10F3NO2S/c1-2-3-13-16(14,15)9-7(11)4-6(10)5-8(9)12/h4-5,13H,2-3H2,1H3. The third kappa shape index (κ3) is 2.73. The molecule has 0 heterocycles. The predicted molar refractivity (Wildman–Crippen MR) is 51.8 cm³/mol. The van der Waals surface area contributed by atoms with Crippen LogP contribution in [-0.4, -0.2) is 15.0 Å². The van der Waals surface area contributed by atoms with Crippen LogP contribution in [0.2, 0.25) is 0 Å². The highest BCUT2D eigenvalue weighted by Gasteiger charge is 2.24. The Kier molecular flexibility index (Phi) is 3.93. The van der Waals surface area contributed by atoms with Crippen molar-refractivity contribution >= 4 is 10.0 Å². The van der Waals surface area contributed by atoms with Gasteiger partial charge in [-0.25, -0.2) is 26.3 Å². The molecule has 1 aromatic rings. The molecular formula is C9H10F3NO2S. The summed E-state index contributed by atoms with van der Waals surface area (Å²) in [5.41, 5.74) is 0. The average Bonchev–Trinajstić information content (AvgIpc) is 2.12. The minimum atomic E-state index is -4.27. The largest absolute Gasteiger partial charge is 0.246 e. The Hall–Kier alpha value is -1.08. The van der Waals surface area contributed by atoms with Gasteiger partial charge in [-0.2, -0.15) is 0 Å². The molecule has 0 unspecified atom stereocenters. The number of hydrogen-bond acceptors (Lipinski definition) is 2. The number of halogens is 3. The topological polar surface area (TPSA) is 46.2 Å². The fourth-order valence-electron chi connectivity index (χ4n) is 1.09. The molecule has 0 aliphatic carbocycles. The molecule has 1 aromatic carbocycles. The smallest absolute Gasteiger partial charge is 0.211 e. The van der Waals surface area contributed by atoms with Gasteiger partial charge in [0.25, 0.3) is 0 Å². The van der Waals surface area contributed by atoms with Crippen LogP contribution in [0, 0.1) is 17.5 Å². The van der Waals surface area contributed by atoms with Gasteiger partial charge in [0.15, 0.2) is 4.90 Å². The van der Waals surface area contributed by atoms with Crippen LogP contribution in [-0.2, 0) is 10.0 Å². The van der Waals surface area contributed by atoms with Crippen LogP contribution in [0.4, 0.5) is 13.2 Å². The van der Waals surface area contributed by atoms with Crippen LogP contribution in [0.15, 0.2) is 17.0 Å². The highest BCUT2D eigenvalue weighted by molar-refractivity contribution is 7.89. The second-order valence-corrected chi connectivity index (χ2v) is 4.80. The summed E-state index contributed by atoms with van der Waals surface area (Å²) in [5, 5.41) is 0. The van der Waals surface area contributed by atoms with Gasteiger partial charge in [-0.3, -0.25) is 0 Å². The maximum Gasteiger partial charge on any atom is 0.246 e. The lowest BCUT2D eigenvalue weighted by Crippen LogP contribution is -2.26. The Morgan fingerprint density at radius 1 is 1.19 bits per heavy atom. The summed E-state index contributed by atoms with van der Waals surface area (Å²) in [4.78, 5) is -1.15. The fraction of sp³-hybridized carbons (Fsp3) is 0.333. The first-order valence-electron chi connectivity index (χ1n) is 4.52. The summed E-state index contributed by atoms with van der Waals surface area (Å²) >= 11 is 0. The number of rotatable bonds is 4. The van der Waals surface area contributed by atoms with E-state index < -0.39 is 32.4 Å². The zero-order valence-corrected chi connectivity index (χ0v) is 9.24. The molecule has 0 radical (unpaired) electrons. The van der Waals surface area contributed by atoms with Gasteiger partial charge in [0, 0.05) is 18.7 Å². The Bertz CT molecular complexity index is 465. The summed E-state index contributed by atoms with van der Waals surface area (Å²) in [6.07, 6.45) is 0.476. The van der Waals surface area contributed by atoms with Crippen LogP contribution < -0.4 is 4.72 Å². The third-order valence-electron chi connectivity index (χ3n) is 1.77. The number of hydrogen-bond donors (Lipinski definition) is 1. The van der Waals surface area contributed by atoms with Crippen molar-refractivity contribution in [2.24, 2.45) is 0 Å². The van der Waals surface area contributed by atoms with E-state index in [2.05, 4.69) is 0 Å². The zero-order chi connectivity index (χ0) is 12.3. The minimum absolute atomic E-state index is 0.0542. The molecule has 1 N–H and O–H groups in total. The van der Waals surface area contributed by atoms with E-state index in [1.807, 2.05) is 4.72 Å². The number of benzene rings is 1. The average molecular weight is 253 g/mol. The molecule has 0 saturated heterocycles. The number of nitrogens with one attached hydrogen (secondary N) is 1. The predicted octanol–water partition coefficient (Wildman–Crippen LogP) is 1.79. The molecule has 0 aromatic heterocycles. The second kappa shape index (κ2) is 4.84. The highest BCUT2D eigenvalue weighted by Crippen LogP contribution is 2.19. The van der Waals surface area contributed by atoms with Gasteiger partial charge in [0.1, 0.15) is 17.5 Å². The lowest BCUT2D eigenvalue weighted by atomic mass is 10.3. The quantitative estimate of drug-likeness (QED) is 0.889. The van der Waals surface area contributed by atoms with Gasteiger partial charge in [0.2, 0.25) is 10.0 Å². The normalized spacial score (nSPS) is 11.8. The van der Waals surface area contributed by atoms with E-state index in [-0.39, 0.29) is 6.54 Å². The van der Waals surface area contributed by atoms with Crippen LogP contribution in [0.1, 0.15) is 13.3 Å². The second-order valence-electron chi connectivity index (χ2n) is 3.10. The molecule has 0 aliphatic heterocycles. The molecule has 0 amide bonds. The van der Waals surface area contributed by atoms with E-state index in [4.69, 9.17) is 0 Å². The molecule has 1 rings (SSSR count). The summed E-state index contributed by atoms with van der Waals surface area (Å²) in [6, 6.07) is 0.646. The number of sulfonamides is 1. The van der Waals surface area contributed by atoms with Crippen molar-refractivity contribution in [2.75, 3.05) is 6.54 Å². The Morgan fingerprint density at radius 2 is 1.69 bits per heavy atom. The summed E-state index contributed by atoms with van der Waals surface area (Å²) in [6.45, 7) is 1.75. The van der Waals surface area contributed by atoms with Crippen LogP contribution >= 0.6 is 0 Å². The van der Waals surface area contributed by atoms with Gasteiger partial charge in [-0.1, -0.05) is 6.92 Å². The summed E-state index contributed by atoms with van der Waals surface area (Å²) in [5.74, 6) is -4.05. The van der Waals surface area contributed by atoms with Crippen molar-refractivity contribution in [3.8, 4) is 0 Å². The zero-order valence-electron chi connectivity index (χ0n) is 8.43. The maximum atomic E-state index is 13.1. The van der Waals surface area contributed by atoms with E-state index in [0.717, 1.165) is 0 Å². The van der Waals surface area contributed by atoms with Gasteiger partial charge in [-0.05, 0) is 6.42 Å². The Labute approximate surface area is 91.3 Å². The van der Waals surface area contributed by atoms with Crippen molar-refractivity contribution < 1.29 is 21.6 Å². The molecule has 0 bridgehead atoms. The SMILES string of the molecule is CCCNS(=O)(=O)c1c(F)cc(F)cc1F. The van der Waals surface area contributed by atoms with Gasteiger partial charge >= 0.3 is 0 Å². The van der Waals surface area contributed by atoms with Crippen LogP contribution in [0.5, 0.6) is 0 Å². The minimum Gasteiger partial charge on any atom is -0.211 e. The van der Waals surface area contributed by atoms with Gasteiger partial charge in [0.05, 0.1) is 0 Å². The highest BCUT2D eigenvalue weighted by atomic mass is 32.2. The molecule has 0 fully saturated rings. The van der Waals surface area contributed by atoms with E-state index >= 15 is 0 Å². The molecule has 0 atom stereocenters. The lowest BCUT2D eigenvalue weighted by molar-refractivity contribution is 0.494. The lowest BCUT2D eigenvalue weighted by Gasteiger charge is -2.07. The molecule has 0 saturated carbocycles.